The van der Waals surface area contributed by atoms with E-state index < -0.39 is 0 Å². The Kier molecular flexibility index (Phi) is 5.96. The molecule has 0 aromatic heterocycles. The molecule has 1 aromatic carbocycles. The van der Waals surface area contributed by atoms with E-state index in [1.165, 1.54) is 12.1 Å². The number of hydrogen-bond donors (Lipinski definition) is 2. The number of rotatable bonds is 7. The van der Waals surface area contributed by atoms with Crippen LogP contribution in [0.15, 0.2) is 24.3 Å². The zero-order chi connectivity index (χ0) is 14.3. The van der Waals surface area contributed by atoms with E-state index in [0.29, 0.717) is 19.4 Å². The maximum Gasteiger partial charge on any atom is 0.220 e. The molecule has 0 saturated heterocycles. The fourth-order valence-corrected chi connectivity index (χ4v) is 1.88. The second kappa shape index (κ2) is 7.24. The quantitative estimate of drug-likeness (QED) is 0.793. The zero-order valence-corrected chi connectivity index (χ0v) is 11.9. The van der Waals surface area contributed by atoms with Crippen molar-refractivity contribution in [2.75, 3.05) is 20.1 Å². The molecule has 3 nitrogen and oxygen atoms in total. The molecule has 1 aromatic rings. The highest BCUT2D eigenvalue weighted by atomic mass is 19.1. The van der Waals surface area contributed by atoms with Crippen molar-refractivity contribution in [2.45, 2.75) is 26.7 Å². The molecule has 0 fully saturated rings. The van der Waals surface area contributed by atoms with Gasteiger partial charge < -0.3 is 10.6 Å². The maximum absolute atomic E-state index is 12.7. The molecule has 0 aliphatic rings. The van der Waals surface area contributed by atoms with Crippen LogP contribution in [-0.2, 0) is 11.2 Å². The molecule has 0 unspecified atom stereocenters. The fraction of sp³-hybridized carbons (Fsp3) is 0.533. The second-order valence-electron chi connectivity index (χ2n) is 5.60. The summed E-state index contributed by atoms with van der Waals surface area (Å²) in [5.74, 6) is -0.212. The van der Waals surface area contributed by atoms with Gasteiger partial charge in [0.2, 0.25) is 5.91 Å². The third-order valence-electron chi connectivity index (χ3n) is 2.97. The van der Waals surface area contributed by atoms with E-state index in [1.807, 2.05) is 7.05 Å². The smallest absolute Gasteiger partial charge is 0.220 e. The van der Waals surface area contributed by atoms with Gasteiger partial charge in [0.15, 0.2) is 0 Å². The van der Waals surface area contributed by atoms with Crippen molar-refractivity contribution in [2.24, 2.45) is 5.41 Å². The molecule has 1 amide bonds. The summed E-state index contributed by atoms with van der Waals surface area (Å²) in [7, 11) is 1.90. The molecule has 0 spiro atoms. The average Bonchev–Trinajstić information content (AvgIpc) is 2.36. The van der Waals surface area contributed by atoms with Gasteiger partial charge in [-0.15, -0.1) is 0 Å². The number of benzene rings is 1. The minimum atomic E-state index is -0.248. The van der Waals surface area contributed by atoms with Gasteiger partial charge in [-0.3, -0.25) is 4.79 Å². The summed E-state index contributed by atoms with van der Waals surface area (Å²) in [6, 6.07) is 6.27. The van der Waals surface area contributed by atoms with Crippen molar-refractivity contribution in [1.82, 2.24) is 10.6 Å². The van der Waals surface area contributed by atoms with Crippen molar-refractivity contribution < 1.29 is 9.18 Å². The SMILES string of the molecule is CNCC(C)(C)CNC(=O)CCc1ccc(F)cc1. The van der Waals surface area contributed by atoms with E-state index in [2.05, 4.69) is 24.5 Å². The summed E-state index contributed by atoms with van der Waals surface area (Å²) < 4.78 is 12.7. The minimum absolute atomic E-state index is 0.0357. The molecule has 0 saturated carbocycles. The van der Waals surface area contributed by atoms with Crippen molar-refractivity contribution >= 4 is 5.91 Å². The van der Waals surface area contributed by atoms with Gasteiger partial charge in [0.05, 0.1) is 0 Å². The Morgan fingerprint density at radius 2 is 1.84 bits per heavy atom. The van der Waals surface area contributed by atoms with Crippen LogP contribution in [0.3, 0.4) is 0 Å². The number of halogens is 1. The van der Waals surface area contributed by atoms with Crippen LogP contribution < -0.4 is 10.6 Å². The predicted octanol–water partition coefficient (Wildman–Crippen LogP) is 2.12. The summed E-state index contributed by atoms with van der Waals surface area (Å²) in [4.78, 5) is 11.7. The van der Waals surface area contributed by atoms with Crippen LogP contribution in [0.4, 0.5) is 4.39 Å². The van der Waals surface area contributed by atoms with E-state index in [4.69, 9.17) is 0 Å². The Morgan fingerprint density at radius 1 is 1.21 bits per heavy atom. The summed E-state index contributed by atoms with van der Waals surface area (Å²) in [5, 5.41) is 6.04. The second-order valence-corrected chi connectivity index (χ2v) is 5.60. The first-order chi connectivity index (χ1) is 8.93. The lowest BCUT2D eigenvalue weighted by Gasteiger charge is -2.24. The summed E-state index contributed by atoms with van der Waals surface area (Å²) in [6.07, 6.45) is 1.07. The minimum Gasteiger partial charge on any atom is -0.356 e. The number of aryl methyl sites for hydroxylation is 1. The standard InChI is InChI=1S/C15H23FN2O/c1-15(2,10-17-3)11-18-14(19)9-6-12-4-7-13(16)8-5-12/h4-5,7-8,17H,6,9-11H2,1-3H3,(H,18,19). The summed E-state index contributed by atoms with van der Waals surface area (Å²) in [5.41, 5.74) is 1.02. The monoisotopic (exact) mass is 266 g/mol. The third kappa shape index (κ3) is 6.34. The molecule has 0 heterocycles. The largest absolute Gasteiger partial charge is 0.356 e. The van der Waals surface area contributed by atoms with Crippen molar-refractivity contribution in [3.05, 3.63) is 35.6 Å². The van der Waals surface area contributed by atoms with E-state index in [9.17, 15) is 9.18 Å². The Hall–Kier alpha value is -1.42. The normalized spacial score (nSPS) is 11.4. The molecule has 0 radical (unpaired) electrons. The van der Waals surface area contributed by atoms with Gasteiger partial charge in [-0.25, -0.2) is 4.39 Å². The van der Waals surface area contributed by atoms with Gasteiger partial charge >= 0.3 is 0 Å². The van der Waals surface area contributed by atoms with Crippen LogP contribution in [0.25, 0.3) is 0 Å². The van der Waals surface area contributed by atoms with Crippen molar-refractivity contribution in [3.8, 4) is 0 Å². The van der Waals surface area contributed by atoms with Crippen LogP contribution >= 0.6 is 0 Å². The Labute approximate surface area is 114 Å². The van der Waals surface area contributed by atoms with E-state index in [-0.39, 0.29) is 17.1 Å². The molecule has 2 N–H and O–H groups in total. The van der Waals surface area contributed by atoms with Gasteiger partial charge in [-0.05, 0) is 36.6 Å². The Balaban J connectivity index is 2.30. The van der Waals surface area contributed by atoms with Gasteiger partial charge in [-0.2, -0.15) is 0 Å². The number of hydrogen-bond acceptors (Lipinski definition) is 2. The summed E-state index contributed by atoms with van der Waals surface area (Å²) in [6.45, 7) is 5.70. The van der Waals surface area contributed by atoms with Gasteiger partial charge in [0.25, 0.3) is 0 Å². The van der Waals surface area contributed by atoms with Gasteiger partial charge in [-0.1, -0.05) is 26.0 Å². The highest BCUT2D eigenvalue weighted by molar-refractivity contribution is 5.76. The zero-order valence-electron chi connectivity index (χ0n) is 11.9. The Morgan fingerprint density at radius 3 is 2.42 bits per heavy atom. The lowest BCUT2D eigenvalue weighted by Crippen LogP contribution is -2.39. The molecule has 0 aliphatic carbocycles. The van der Waals surface area contributed by atoms with E-state index in [1.54, 1.807) is 12.1 Å². The van der Waals surface area contributed by atoms with Crippen LogP contribution in [0, 0.1) is 11.2 Å². The lowest BCUT2D eigenvalue weighted by molar-refractivity contribution is -0.121. The topological polar surface area (TPSA) is 41.1 Å². The number of carbonyl (C=O) groups is 1. The maximum atomic E-state index is 12.7. The molecule has 0 bridgehead atoms. The highest BCUT2D eigenvalue weighted by Gasteiger charge is 2.17. The Bertz CT molecular complexity index is 401. The predicted molar refractivity (Wildman–Crippen MR) is 75.4 cm³/mol. The molecule has 106 valence electrons. The van der Waals surface area contributed by atoms with Crippen LogP contribution in [0.1, 0.15) is 25.8 Å². The van der Waals surface area contributed by atoms with E-state index >= 15 is 0 Å². The first-order valence-corrected chi connectivity index (χ1v) is 6.59. The number of amides is 1. The van der Waals surface area contributed by atoms with E-state index in [0.717, 1.165) is 12.1 Å². The molecule has 0 atom stereocenters. The van der Waals surface area contributed by atoms with Crippen molar-refractivity contribution in [1.29, 1.82) is 0 Å². The van der Waals surface area contributed by atoms with Crippen LogP contribution in [-0.4, -0.2) is 26.0 Å². The number of carbonyl (C=O) groups excluding carboxylic acids is 1. The molecule has 4 heteroatoms. The molecule has 0 aliphatic heterocycles. The average molecular weight is 266 g/mol. The first kappa shape index (κ1) is 15.6. The van der Waals surface area contributed by atoms with Crippen LogP contribution in [0.5, 0.6) is 0 Å². The molecule has 1 rings (SSSR count). The van der Waals surface area contributed by atoms with Gasteiger partial charge in [0.1, 0.15) is 5.82 Å². The lowest BCUT2D eigenvalue weighted by atomic mass is 9.93. The molecule has 19 heavy (non-hydrogen) atoms. The highest BCUT2D eigenvalue weighted by Crippen LogP contribution is 2.11. The molecular weight excluding hydrogens is 243 g/mol. The fourth-order valence-electron chi connectivity index (χ4n) is 1.88. The summed E-state index contributed by atoms with van der Waals surface area (Å²) >= 11 is 0. The third-order valence-corrected chi connectivity index (χ3v) is 2.97. The van der Waals surface area contributed by atoms with Gasteiger partial charge in [0, 0.05) is 19.5 Å². The first-order valence-electron chi connectivity index (χ1n) is 6.59. The van der Waals surface area contributed by atoms with Crippen LogP contribution in [0.2, 0.25) is 0 Å². The number of nitrogens with one attached hydrogen (secondary N) is 2. The molecular formula is C15H23FN2O. The van der Waals surface area contributed by atoms with Crippen molar-refractivity contribution in [3.63, 3.8) is 0 Å².